The van der Waals surface area contributed by atoms with Gasteiger partial charge in [0.15, 0.2) is 0 Å². The summed E-state index contributed by atoms with van der Waals surface area (Å²) < 4.78 is 26.0. The number of aliphatic hydroxyl groups is 2. The summed E-state index contributed by atoms with van der Waals surface area (Å²) in [6, 6.07) is 16.2. The first-order chi connectivity index (χ1) is 14.5. The molecule has 154 valence electrons. The van der Waals surface area contributed by atoms with E-state index in [1.165, 1.54) is 48.5 Å². The fraction of sp³-hybridized carbons (Fsp3) is 0.182. The predicted octanol–water partition coefficient (Wildman–Crippen LogP) is 3.52. The monoisotopic (exact) mass is 410 g/mol. The topological polar surface area (TPSA) is 101 Å². The van der Waals surface area contributed by atoms with Crippen LogP contribution in [0.4, 0.5) is 20.4 Å². The Morgan fingerprint density at radius 1 is 0.800 bits per heavy atom. The molecule has 1 heterocycles. The first-order valence-electron chi connectivity index (χ1n) is 9.22. The first-order valence-corrected chi connectivity index (χ1v) is 9.22. The van der Waals surface area contributed by atoms with Crippen LogP contribution in [0.15, 0.2) is 60.7 Å². The molecule has 4 N–H and O–H groups in total. The summed E-state index contributed by atoms with van der Waals surface area (Å²) in [6.07, 6.45) is -1.80. The van der Waals surface area contributed by atoms with Crippen molar-refractivity contribution in [3.05, 3.63) is 89.0 Å². The number of aliphatic hydroxyl groups excluding tert-OH is 2. The van der Waals surface area contributed by atoms with Gasteiger partial charge in [0.25, 0.3) is 0 Å². The zero-order valence-corrected chi connectivity index (χ0v) is 15.9. The van der Waals surface area contributed by atoms with E-state index in [1.54, 1.807) is 12.1 Å². The van der Waals surface area contributed by atoms with Crippen LogP contribution in [0.3, 0.4) is 0 Å². The Morgan fingerprint density at radius 3 is 1.80 bits per heavy atom. The van der Waals surface area contributed by atoms with Crippen LogP contribution in [0.2, 0.25) is 0 Å². The van der Waals surface area contributed by atoms with Gasteiger partial charge in [0.05, 0.1) is 17.8 Å². The standard InChI is InChI=1S/C22H20F2N4O2/c23-17-6-1-14(2-7-17)19(29)12-26-21-10-5-16(11-25)22(28-21)27-13-20(30)15-3-8-18(24)9-4-15/h1-10,19-20,29-30H,12-13H2,(H2,26,27,28). The average Bonchev–Trinajstić information content (AvgIpc) is 2.76. The molecule has 0 aliphatic heterocycles. The highest BCUT2D eigenvalue weighted by atomic mass is 19.1. The van der Waals surface area contributed by atoms with Crippen molar-refractivity contribution in [2.75, 3.05) is 23.7 Å². The van der Waals surface area contributed by atoms with Gasteiger partial charge in [-0.2, -0.15) is 5.26 Å². The van der Waals surface area contributed by atoms with Gasteiger partial charge in [0, 0.05) is 13.1 Å². The highest BCUT2D eigenvalue weighted by molar-refractivity contribution is 5.57. The molecule has 0 saturated carbocycles. The Balaban J connectivity index is 1.63. The van der Waals surface area contributed by atoms with E-state index in [4.69, 9.17) is 0 Å². The molecule has 2 unspecified atom stereocenters. The van der Waals surface area contributed by atoms with E-state index in [9.17, 15) is 24.3 Å². The number of pyridine rings is 1. The highest BCUT2D eigenvalue weighted by Crippen LogP contribution is 2.20. The Hall–Kier alpha value is -3.54. The van der Waals surface area contributed by atoms with Crippen molar-refractivity contribution in [2.24, 2.45) is 0 Å². The van der Waals surface area contributed by atoms with Crippen LogP contribution < -0.4 is 10.6 Å². The van der Waals surface area contributed by atoms with Gasteiger partial charge in [-0.05, 0) is 47.5 Å². The van der Waals surface area contributed by atoms with Crippen LogP contribution in [-0.2, 0) is 0 Å². The van der Waals surface area contributed by atoms with Crippen LogP contribution in [-0.4, -0.2) is 28.3 Å². The van der Waals surface area contributed by atoms with E-state index in [2.05, 4.69) is 15.6 Å². The lowest BCUT2D eigenvalue weighted by atomic mass is 10.1. The first kappa shape index (κ1) is 21.2. The van der Waals surface area contributed by atoms with E-state index < -0.39 is 18.0 Å². The molecule has 3 aromatic rings. The van der Waals surface area contributed by atoms with E-state index >= 15 is 0 Å². The quantitative estimate of drug-likeness (QED) is 0.453. The van der Waals surface area contributed by atoms with Gasteiger partial charge >= 0.3 is 0 Å². The van der Waals surface area contributed by atoms with Gasteiger partial charge in [-0.3, -0.25) is 0 Å². The molecule has 0 bridgehead atoms. The Labute approximate surface area is 172 Å². The van der Waals surface area contributed by atoms with E-state index in [0.717, 1.165) is 0 Å². The minimum absolute atomic E-state index is 0.0645. The molecule has 0 radical (unpaired) electrons. The fourth-order valence-corrected chi connectivity index (χ4v) is 2.78. The van der Waals surface area contributed by atoms with Crippen molar-refractivity contribution in [1.82, 2.24) is 4.98 Å². The molecule has 2 aromatic carbocycles. The minimum atomic E-state index is -0.921. The SMILES string of the molecule is N#Cc1ccc(NCC(O)c2ccc(F)cc2)nc1NCC(O)c1ccc(F)cc1. The van der Waals surface area contributed by atoms with Crippen molar-refractivity contribution in [3.63, 3.8) is 0 Å². The van der Waals surface area contributed by atoms with E-state index in [1.807, 2.05) is 6.07 Å². The Morgan fingerprint density at radius 2 is 1.30 bits per heavy atom. The highest BCUT2D eigenvalue weighted by Gasteiger charge is 2.12. The molecule has 0 fully saturated rings. The molecule has 30 heavy (non-hydrogen) atoms. The number of nitrogens with zero attached hydrogens (tertiary/aromatic N) is 2. The lowest BCUT2D eigenvalue weighted by molar-refractivity contribution is 0.191. The molecule has 0 spiro atoms. The molecular weight excluding hydrogens is 390 g/mol. The third kappa shape index (κ3) is 5.50. The van der Waals surface area contributed by atoms with E-state index in [-0.39, 0.29) is 30.3 Å². The molecule has 1 aromatic heterocycles. The molecule has 3 rings (SSSR count). The largest absolute Gasteiger partial charge is 0.387 e. The zero-order chi connectivity index (χ0) is 21.5. The van der Waals surface area contributed by atoms with Gasteiger partial charge in [-0.25, -0.2) is 13.8 Å². The molecule has 0 amide bonds. The second kappa shape index (κ2) is 9.78. The maximum atomic E-state index is 13.0. The number of halogens is 2. The summed E-state index contributed by atoms with van der Waals surface area (Å²) in [6.45, 7) is 0.192. The van der Waals surface area contributed by atoms with Crippen molar-refractivity contribution >= 4 is 11.6 Å². The summed E-state index contributed by atoms with van der Waals surface area (Å²) in [5.74, 6) is -0.103. The third-order valence-electron chi connectivity index (χ3n) is 4.46. The van der Waals surface area contributed by atoms with Crippen molar-refractivity contribution < 1.29 is 19.0 Å². The summed E-state index contributed by atoms with van der Waals surface area (Å²) in [7, 11) is 0. The van der Waals surface area contributed by atoms with Crippen LogP contribution >= 0.6 is 0 Å². The number of hydrogen-bond acceptors (Lipinski definition) is 6. The van der Waals surface area contributed by atoms with Crippen LogP contribution in [0.25, 0.3) is 0 Å². The van der Waals surface area contributed by atoms with Gasteiger partial charge in [0.1, 0.15) is 29.3 Å². The van der Waals surface area contributed by atoms with Gasteiger partial charge in [0.2, 0.25) is 0 Å². The lowest BCUT2D eigenvalue weighted by Crippen LogP contribution is -2.16. The fourth-order valence-electron chi connectivity index (χ4n) is 2.78. The van der Waals surface area contributed by atoms with Crippen LogP contribution in [0.5, 0.6) is 0 Å². The van der Waals surface area contributed by atoms with Crippen LogP contribution in [0.1, 0.15) is 28.9 Å². The average molecular weight is 410 g/mol. The second-order valence-electron chi connectivity index (χ2n) is 6.60. The maximum absolute atomic E-state index is 13.0. The molecule has 0 saturated heterocycles. The summed E-state index contributed by atoms with van der Waals surface area (Å²) in [5, 5.41) is 35.7. The van der Waals surface area contributed by atoms with Gasteiger partial charge in [-0.1, -0.05) is 24.3 Å². The predicted molar refractivity (Wildman–Crippen MR) is 109 cm³/mol. The number of rotatable bonds is 8. The number of aromatic nitrogens is 1. The zero-order valence-electron chi connectivity index (χ0n) is 15.9. The van der Waals surface area contributed by atoms with Crippen molar-refractivity contribution in [3.8, 4) is 6.07 Å². The van der Waals surface area contributed by atoms with Gasteiger partial charge in [-0.15, -0.1) is 0 Å². The lowest BCUT2D eigenvalue weighted by Gasteiger charge is -2.16. The maximum Gasteiger partial charge on any atom is 0.146 e. The summed E-state index contributed by atoms with van der Waals surface area (Å²) in [5.41, 5.74) is 1.36. The second-order valence-corrected chi connectivity index (χ2v) is 6.60. The van der Waals surface area contributed by atoms with Crippen molar-refractivity contribution in [2.45, 2.75) is 12.2 Å². The molecule has 8 heteroatoms. The van der Waals surface area contributed by atoms with Crippen molar-refractivity contribution in [1.29, 1.82) is 5.26 Å². The molecular formula is C22H20F2N4O2. The summed E-state index contributed by atoms with van der Waals surface area (Å²) >= 11 is 0. The molecule has 6 nitrogen and oxygen atoms in total. The number of anilines is 2. The minimum Gasteiger partial charge on any atom is -0.387 e. The summed E-state index contributed by atoms with van der Waals surface area (Å²) in [4.78, 5) is 4.32. The van der Waals surface area contributed by atoms with Crippen LogP contribution in [0, 0.1) is 23.0 Å². The van der Waals surface area contributed by atoms with E-state index in [0.29, 0.717) is 16.9 Å². The Kier molecular flexibility index (Phi) is 6.91. The molecule has 2 atom stereocenters. The number of nitriles is 1. The number of nitrogens with one attached hydrogen (secondary N) is 2. The number of hydrogen-bond donors (Lipinski definition) is 4. The van der Waals surface area contributed by atoms with Gasteiger partial charge < -0.3 is 20.8 Å². The molecule has 0 aliphatic carbocycles. The smallest absolute Gasteiger partial charge is 0.146 e. The normalized spacial score (nSPS) is 12.6. The number of benzene rings is 2. The molecule has 0 aliphatic rings. The Bertz CT molecular complexity index is 1020. The third-order valence-corrected chi connectivity index (χ3v) is 4.46.